The molecule has 0 spiro atoms. The molecule has 144 valence electrons. The Hall–Kier alpha value is -3.19. The molecule has 2 N–H and O–H groups in total. The molecule has 3 aromatic rings. The first kappa shape index (κ1) is 18.2. The molecule has 0 radical (unpaired) electrons. The molecule has 1 aliphatic heterocycles. The molecule has 0 bridgehead atoms. The molecular weight excluding hydrogens is 354 g/mol. The van der Waals surface area contributed by atoms with Gasteiger partial charge in [0.25, 0.3) is 0 Å². The number of carbonyl (C=O) groups is 1. The zero-order chi connectivity index (χ0) is 19.2. The van der Waals surface area contributed by atoms with Gasteiger partial charge in [0.05, 0.1) is 6.54 Å². The lowest BCUT2D eigenvalue weighted by Gasteiger charge is -2.30. The minimum atomic E-state index is -0.0186. The van der Waals surface area contributed by atoms with Gasteiger partial charge >= 0.3 is 0 Å². The van der Waals surface area contributed by atoms with Crippen LogP contribution in [0.1, 0.15) is 24.6 Å². The highest BCUT2D eigenvalue weighted by molar-refractivity contribution is 5.92. The molecule has 0 aliphatic carbocycles. The van der Waals surface area contributed by atoms with E-state index in [0.717, 1.165) is 48.9 Å². The fraction of sp³-hybridized carbons (Fsp3) is 0.286. The first-order valence-electron chi connectivity index (χ1n) is 9.47. The standard InChI is InChI=1S/C21H23N5O2/c27-20(14-26-12-4-5-16(13-26)21-22-15-23-25-21)24-17-8-10-19(11-9-17)28-18-6-2-1-3-7-18/h1-3,6-11,15-16H,4-5,12-14H2,(H,24,27)(H,22,23,25)/t16-/m0/s1. The molecule has 7 nitrogen and oxygen atoms in total. The predicted molar refractivity (Wildman–Crippen MR) is 106 cm³/mol. The Bertz CT molecular complexity index is 881. The van der Waals surface area contributed by atoms with Gasteiger partial charge in [-0.05, 0) is 55.8 Å². The van der Waals surface area contributed by atoms with E-state index < -0.39 is 0 Å². The van der Waals surface area contributed by atoms with Gasteiger partial charge in [0.2, 0.25) is 5.91 Å². The lowest BCUT2D eigenvalue weighted by molar-refractivity contribution is -0.117. The van der Waals surface area contributed by atoms with Gasteiger partial charge in [0, 0.05) is 18.2 Å². The molecule has 4 rings (SSSR count). The third-order valence-electron chi connectivity index (χ3n) is 4.81. The first-order chi connectivity index (χ1) is 13.8. The number of piperidine rings is 1. The van der Waals surface area contributed by atoms with Crippen LogP contribution in [0, 0.1) is 0 Å². The van der Waals surface area contributed by atoms with E-state index in [1.165, 1.54) is 6.33 Å². The Morgan fingerprint density at radius 3 is 2.68 bits per heavy atom. The Balaban J connectivity index is 1.28. The van der Waals surface area contributed by atoms with Crippen LogP contribution >= 0.6 is 0 Å². The fourth-order valence-electron chi connectivity index (χ4n) is 3.47. The number of hydrogen-bond acceptors (Lipinski definition) is 5. The number of hydrogen-bond donors (Lipinski definition) is 2. The third-order valence-corrected chi connectivity index (χ3v) is 4.81. The summed E-state index contributed by atoms with van der Waals surface area (Å²) in [6.07, 6.45) is 3.65. The monoisotopic (exact) mass is 377 g/mol. The number of benzene rings is 2. The normalized spacial score (nSPS) is 17.2. The number of nitrogens with one attached hydrogen (secondary N) is 2. The molecule has 1 fully saturated rings. The van der Waals surface area contributed by atoms with Crippen molar-refractivity contribution in [2.24, 2.45) is 0 Å². The lowest BCUT2D eigenvalue weighted by atomic mass is 9.97. The van der Waals surface area contributed by atoms with E-state index in [4.69, 9.17) is 4.74 Å². The molecule has 1 aliphatic rings. The molecular formula is C21H23N5O2. The van der Waals surface area contributed by atoms with Crippen molar-refractivity contribution in [3.8, 4) is 11.5 Å². The highest BCUT2D eigenvalue weighted by atomic mass is 16.5. The third kappa shape index (κ3) is 4.75. The van der Waals surface area contributed by atoms with Crippen LogP contribution < -0.4 is 10.1 Å². The highest BCUT2D eigenvalue weighted by Gasteiger charge is 2.24. The minimum absolute atomic E-state index is 0.0186. The zero-order valence-electron chi connectivity index (χ0n) is 15.5. The molecule has 0 saturated carbocycles. The predicted octanol–water partition coefficient (Wildman–Crippen LogP) is 3.42. The maximum Gasteiger partial charge on any atom is 0.238 e. The van der Waals surface area contributed by atoms with Crippen LogP contribution in [0.4, 0.5) is 5.69 Å². The van der Waals surface area contributed by atoms with E-state index in [1.807, 2.05) is 54.6 Å². The van der Waals surface area contributed by atoms with Gasteiger partial charge in [-0.2, -0.15) is 5.10 Å². The SMILES string of the molecule is O=C(CN1CCC[C@H](c2ncn[nH]2)C1)Nc1ccc(Oc2ccccc2)cc1. The summed E-state index contributed by atoms with van der Waals surface area (Å²) < 4.78 is 5.77. The van der Waals surface area contributed by atoms with Crippen molar-refractivity contribution in [1.29, 1.82) is 0 Å². The first-order valence-corrected chi connectivity index (χ1v) is 9.47. The fourth-order valence-corrected chi connectivity index (χ4v) is 3.47. The minimum Gasteiger partial charge on any atom is -0.457 e. The largest absolute Gasteiger partial charge is 0.457 e. The van der Waals surface area contributed by atoms with Gasteiger partial charge in [-0.25, -0.2) is 4.98 Å². The number of nitrogens with zero attached hydrogens (tertiary/aromatic N) is 3. The Morgan fingerprint density at radius 2 is 1.93 bits per heavy atom. The van der Waals surface area contributed by atoms with E-state index in [2.05, 4.69) is 25.4 Å². The van der Waals surface area contributed by atoms with Gasteiger partial charge in [-0.3, -0.25) is 14.8 Å². The second-order valence-corrected chi connectivity index (χ2v) is 6.93. The van der Waals surface area contributed by atoms with Crippen LogP contribution in [0.3, 0.4) is 0 Å². The number of amides is 1. The number of anilines is 1. The van der Waals surface area contributed by atoms with Crippen LogP contribution in [0.2, 0.25) is 0 Å². The quantitative estimate of drug-likeness (QED) is 0.688. The van der Waals surface area contributed by atoms with E-state index >= 15 is 0 Å². The van der Waals surface area contributed by atoms with Gasteiger partial charge < -0.3 is 10.1 Å². The number of ether oxygens (including phenoxy) is 1. The lowest BCUT2D eigenvalue weighted by Crippen LogP contribution is -2.40. The van der Waals surface area contributed by atoms with E-state index in [1.54, 1.807) is 0 Å². The molecule has 1 saturated heterocycles. The Kier molecular flexibility index (Phi) is 5.63. The number of aromatic nitrogens is 3. The average molecular weight is 377 g/mol. The number of likely N-dealkylation sites (tertiary alicyclic amines) is 1. The Morgan fingerprint density at radius 1 is 1.14 bits per heavy atom. The van der Waals surface area contributed by atoms with Crippen LogP contribution in [0.5, 0.6) is 11.5 Å². The van der Waals surface area contributed by atoms with Gasteiger partial charge in [-0.15, -0.1) is 0 Å². The Labute approximate surface area is 163 Å². The van der Waals surface area contributed by atoms with Crippen molar-refractivity contribution in [2.45, 2.75) is 18.8 Å². The zero-order valence-corrected chi connectivity index (χ0v) is 15.5. The van der Waals surface area contributed by atoms with Gasteiger partial charge in [0.15, 0.2) is 0 Å². The summed E-state index contributed by atoms with van der Waals surface area (Å²) in [7, 11) is 0. The summed E-state index contributed by atoms with van der Waals surface area (Å²) in [5, 5.41) is 9.83. The molecule has 1 atom stereocenters. The van der Waals surface area contributed by atoms with Crippen molar-refractivity contribution < 1.29 is 9.53 Å². The summed E-state index contributed by atoms with van der Waals surface area (Å²) in [5.74, 6) is 2.70. The van der Waals surface area contributed by atoms with Crippen LogP contribution in [-0.2, 0) is 4.79 Å². The number of carbonyl (C=O) groups excluding carboxylic acids is 1. The van der Waals surface area contributed by atoms with Crippen molar-refractivity contribution in [2.75, 3.05) is 25.0 Å². The summed E-state index contributed by atoms with van der Waals surface area (Å²) in [6.45, 7) is 2.10. The maximum absolute atomic E-state index is 12.4. The average Bonchev–Trinajstić information content (AvgIpc) is 3.25. The molecule has 0 unspecified atom stereocenters. The smallest absolute Gasteiger partial charge is 0.238 e. The van der Waals surface area contributed by atoms with E-state index in [0.29, 0.717) is 12.5 Å². The molecule has 1 amide bonds. The van der Waals surface area contributed by atoms with Crippen LogP contribution in [0.15, 0.2) is 60.9 Å². The molecule has 2 heterocycles. The molecule has 2 aromatic carbocycles. The van der Waals surface area contributed by atoms with Crippen molar-refractivity contribution in [1.82, 2.24) is 20.1 Å². The maximum atomic E-state index is 12.4. The molecule has 7 heteroatoms. The molecule has 28 heavy (non-hydrogen) atoms. The van der Waals surface area contributed by atoms with E-state index in [9.17, 15) is 4.79 Å². The summed E-state index contributed by atoms with van der Waals surface area (Å²) >= 11 is 0. The van der Waals surface area contributed by atoms with E-state index in [-0.39, 0.29) is 5.91 Å². The summed E-state index contributed by atoms with van der Waals surface area (Å²) in [4.78, 5) is 18.8. The second-order valence-electron chi connectivity index (χ2n) is 6.93. The number of aromatic amines is 1. The second kappa shape index (κ2) is 8.67. The van der Waals surface area contributed by atoms with Crippen LogP contribution in [-0.4, -0.2) is 45.6 Å². The van der Waals surface area contributed by atoms with Crippen LogP contribution in [0.25, 0.3) is 0 Å². The number of rotatable bonds is 6. The highest BCUT2D eigenvalue weighted by Crippen LogP contribution is 2.24. The van der Waals surface area contributed by atoms with Crippen molar-refractivity contribution in [3.05, 3.63) is 66.7 Å². The summed E-state index contributed by atoms with van der Waals surface area (Å²) in [5.41, 5.74) is 0.759. The number of para-hydroxylation sites is 1. The molecule has 1 aromatic heterocycles. The van der Waals surface area contributed by atoms with Crippen molar-refractivity contribution in [3.63, 3.8) is 0 Å². The number of H-pyrrole nitrogens is 1. The van der Waals surface area contributed by atoms with Crippen molar-refractivity contribution >= 4 is 11.6 Å². The topological polar surface area (TPSA) is 83.1 Å². The van der Waals surface area contributed by atoms with Gasteiger partial charge in [0.1, 0.15) is 23.7 Å². The van der Waals surface area contributed by atoms with Gasteiger partial charge in [-0.1, -0.05) is 18.2 Å². The summed E-state index contributed by atoms with van der Waals surface area (Å²) in [6, 6.07) is 17.0.